The molecule has 0 fully saturated rings. The van der Waals surface area contributed by atoms with Gasteiger partial charge in [0.2, 0.25) is 5.95 Å². The number of aromatic nitrogens is 3. The van der Waals surface area contributed by atoms with Crippen LogP contribution in [0.25, 0.3) is 0 Å². The Morgan fingerprint density at radius 1 is 1.08 bits per heavy atom. The summed E-state index contributed by atoms with van der Waals surface area (Å²) in [6, 6.07) is 13.8. The van der Waals surface area contributed by atoms with Gasteiger partial charge in [-0.1, -0.05) is 37.3 Å². The average Bonchev–Trinajstić information content (AvgIpc) is 2.60. The van der Waals surface area contributed by atoms with E-state index in [-0.39, 0.29) is 17.1 Å². The predicted molar refractivity (Wildman–Crippen MR) is 91.0 cm³/mol. The quantitative estimate of drug-likeness (QED) is 0.756. The Kier molecular flexibility index (Phi) is 4.65. The van der Waals surface area contributed by atoms with Gasteiger partial charge in [-0.2, -0.15) is 0 Å². The fraction of sp³-hybridized carbons (Fsp3) is 0.167. The number of aromatic amines is 1. The maximum atomic E-state index is 12.9. The second kappa shape index (κ2) is 7.04. The van der Waals surface area contributed by atoms with Crippen molar-refractivity contribution in [1.82, 2.24) is 15.2 Å². The highest BCUT2D eigenvalue weighted by Gasteiger charge is 2.08. The Morgan fingerprint density at radius 3 is 2.54 bits per heavy atom. The van der Waals surface area contributed by atoms with E-state index in [0.29, 0.717) is 12.4 Å². The summed E-state index contributed by atoms with van der Waals surface area (Å²) < 4.78 is 12.9. The number of nitrogens with zero attached hydrogens (tertiary/aromatic N) is 2. The van der Waals surface area contributed by atoms with Crippen molar-refractivity contribution in [3.8, 4) is 0 Å². The smallest absolute Gasteiger partial charge is 0.274 e. The molecule has 0 aliphatic rings. The normalized spacial score (nSPS) is 10.6. The van der Waals surface area contributed by atoms with Gasteiger partial charge in [-0.3, -0.25) is 9.78 Å². The van der Waals surface area contributed by atoms with E-state index < -0.39 is 0 Å². The first-order chi connectivity index (χ1) is 11.7. The van der Waals surface area contributed by atoms with Crippen LogP contribution in [0.4, 0.5) is 16.0 Å². The molecule has 0 saturated heterocycles. The largest absolute Gasteiger partial charge is 0.324 e. The molecule has 0 bridgehead atoms. The molecule has 3 aromatic rings. The number of anilines is 2. The highest BCUT2D eigenvalue weighted by atomic mass is 19.1. The van der Waals surface area contributed by atoms with E-state index in [9.17, 15) is 9.18 Å². The molecular weight excluding hydrogens is 307 g/mol. The van der Waals surface area contributed by atoms with Crippen LogP contribution in [-0.2, 0) is 12.8 Å². The number of aryl methyl sites for hydroxylation is 1. The number of para-hydroxylation sites is 1. The molecule has 3 rings (SSSR count). The van der Waals surface area contributed by atoms with Crippen molar-refractivity contribution in [2.75, 3.05) is 5.32 Å². The number of rotatable bonds is 5. The van der Waals surface area contributed by atoms with E-state index in [4.69, 9.17) is 0 Å². The van der Waals surface area contributed by atoms with Gasteiger partial charge in [0.1, 0.15) is 11.5 Å². The van der Waals surface area contributed by atoms with Crippen molar-refractivity contribution < 1.29 is 4.39 Å². The number of halogens is 1. The lowest BCUT2D eigenvalue weighted by Crippen LogP contribution is -2.19. The standard InChI is InChI=1S/C18H17FN4O/c1-2-13-5-3-4-6-15(13)20-18-21-17(24)16(22-23-18)11-12-7-9-14(19)10-8-12/h3-10H,2,11H2,1H3,(H2,20,21,23,24). The van der Waals surface area contributed by atoms with Crippen molar-refractivity contribution in [3.05, 3.63) is 81.5 Å². The predicted octanol–water partition coefficient (Wildman–Crippen LogP) is 3.20. The molecule has 0 spiro atoms. The molecule has 6 heteroatoms. The molecule has 0 aliphatic carbocycles. The van der Waals surface area contributed by atoms with E-state index in [1.165, 1.54) is 12.1 Å². The summed E-state index contributed by atoms with van der Waals surface area (Å²) in [7, 11) is 0. The summed E-state index contributed by atoms with van der Waals surface area (Å²) in [5, 5.41) is 11.1. The molecule has 0 aliphatic heterocycles. The van der Waals surface area contributed by atoms with Crippen molar-refractivity contribution in [2.45, 2.75) is 19.8 Å². The minimum atomic E-state index is -0.314. The van der Waals surface area contributed by atoms with Gasteiger partial charge in [-0.15, -0.1) is 10.2 Å². The minimum Gasteiger partial charge on any atom is -0.324 e. The Hall–Kier alpha value is -3.02. The number of hydrogen-bond acceptors (Lipinski definition) is 4. The third-order valence-corrected chi connectivity index (χ3v) is 3.70. The van der Waals surface area contributed by atoms with Gasteiger partial charge < -0.3 is 5.32 Å². The fourth-order valence-corrected chi connectivity index (χ4v) is 2.41. The van der Waals surface area contributed by atoms with Gasteiger partial charge in [0.05, 0.1) is 0 Å². The van der Waals surface area contributed by atoms with Crippen molar-refractivity contribution in [3.63, 3.8) is 0 Å². The molecule has 5 nitrogen and oxygen atoms in total. The number of H-pyrrole nitrogens is 1. The van der Waals surface area contributed by atoms with Crippen LogP contribution in [0.3, 0.4) is 0 Å². The molecule has 2 aromatic carbocycles. The van der Waals surface area contributed by atoms with Gasteiger partial charge in [-0.25, -0.2) is 4.39 Å². The molecule has 0 saturated carbocycles. The van der Waals surface area contributed by atoms with E-state index in [2.05, 4.69) is 27.4 Å². The molecule has 24 heavy (non-hydrogen) atoms. The third-order valence-electron chi connectivity index (χ3n) is 3.70. The highest BCUT2D eigenvalue weighted by Crippen LogP contribution is 2.18. The van der Waals surface area contributed by atoms with Crippen LogP contribution in [0.2, 0.25) is 0 Å². The molecule has 1 aromatic heterocycles. The van der Waals surface area contributed by atoms with Crippen LogP contribution in [0.15, 0.2) is 53.3 Å². The lowest BCUT2D eigenvalue weighted by atomic mass is 10.1. The van der Waals surface area contributed by atoms with E-state index in [0.717, 1.165) is 23.2 Å². The zero-order chi connectivity index (χ0) is 16.9. The monoisotopic (exact) mass is 324 g/mol. The van der Waals surface area contributed by atoms with Crippen molar-refractivity contribution in [2.24, 2.45) is 0 Å². The molecule has 0 atom stereocenters. The molecule has 0 amide bonds. The summed E-state index contributed by atoms with van der Waals surface area (Å²) >= 11 is 0. The lowest BCUT2D eigenvalue weighted by molar-refractivity contribution is 0.627. The van der Waals surface area contributed by atoms with Crippen molar-refractivity contribution >= 4 is 11.6 Å². The van der Waals surface area contributed by atoms with E-state index in [1.54, 1.807) is 12.1 Å². The third kappa shape index (κ3) is 3.65. The fourth-order valence-electron chi connectivity index (χ4n) is 2.41. The Bertz CT molecular complexity index is 890. The Morgan fingerprint density at radius 2 is 1.83 bits per heavy atom. The van der Waals surface area contributed by atoms with Crippen LogP contribution in [0.5, 0.6) is 0 Å². The van der Waals surface area contributed by atoms with Crippen LogP contribution < -0.4 is 10.9 Å². The van der Waals surface area contributed by atoms with E-state index >= 15 is 0 Å². The minimum absolute atomic E-state index is 0.288. The van der Waals surface area contributed by atoms with Gasteiger partial charge in [0.15, 0.2) is 0 Å². The van der Waals surface area contributed by atoms with Crippen LogP contribution in [0, 0.1) is 5.82 Å². The molecule has 1 heterocycles. The van der Waals surface area contributed by atoms with E-state index in [1.807, 2.05) is 24.3 Å². The van der Waals surface area contributed by atoms with Gasteiger partial charge in [-0.05, 0) is 35.7 Å². The van der Waals surface area contributed by atoms with Crippen LogP contribution >= 0.6 is 0 Å². The summed E-state index contributed by atoms with van der Waals surface area (Å²) in [5.74, 6) is -0.0170. The number of hydrogen-bond donors (Lipinski definition) is 2. The summed E-state index contributed by atoms with van der Waals surface area (Å²) in [5.41, 5.74) is 2.78. The lowest BCUT2D eigenvalue weighted by Gasteiger charge is -2.09. The van der Waals surface area contributed by atoms with Gasteiger partial charge in [0, 0.05) is 12.1 Å². The van der Waals surface area contributed by atoms with Crippen LogP contribution in [-0.4, -0.2) is 15.2 Å². The topological polar surface area (TPSA) is 70.7 Å². The zero-order valence-corrected chi connectivity index (χ0v) is 13.2. The molecule has 0 radical (unpaired) electrons. The first-order valence-electron chi connectivity index (χ1n) is 7.71. The SMILES string of the molecule is CCc1ccccc1Nc1nnc(Cc2ccc(F)cc2)c(=O)[nH]1. The summed E-state index contributed by atoms with van der Waals surface area (Å²) in [6.07, 6.45) is 1.16. The number of nitrogens with one attached hydrogen (secondary N) is 2. The molecule has 0 unspecified atom stereocenters. The Balaban J connectivity index is 1.79. The summed E-state index contributed by atoms with van der Waals surface area (Å²) in [6.45, 7) is 2.06. The number of benzene rings is 2. The van der Waals surface area contributed by atoms with Gasteiger partial charge >= 0.3 is 0 Å². The Labute approximate surface area is 138 Å². The summed E-state index contributed by atoms with van der Waals surface area (Å²) in [4.78, 5) is 14.9. The maximum absolute atomic E-state index is 12.9. The molecular formula is C18H17FN4O. The molecule has 122 valence electrons. The molecule has 2 N–H and O–H groups in total. The highest BCUT2D eigenvalue weighted by molar-refractivity contribution is 5.58. The average molecular weight is 324 g/mol. The van der Waals surface area contributed by atoms with Crippen LogP contribution in [0.1, 0.15) is 23.7 Å². The van der Waals surface area contributed by atoms with Crippen molar-refractivity contribution in [1.29, 1.82) is 0 Å². The second-order valence-electron chi connectivity index (χ2n) is 5.39. The first kappa shape index (κ1) is 15.9. The zero-order valence-electron chi connectivity index (χ0n) is 13.2. The first-order valence-corrected chi connectivity index (χ1v) is 7.71. The second-order valence-corrected chi connectivity index (χ2v) is 5.39. The maximum Gasteiger partial charge on any atom is 0.274 e. The van der Waals surface area contributed by atoms with Gasteiger partial charge in [0.25, 0.3) is 5.56 Å².